The summed E-state index contributed by atoms with van der Waals surface area (Å²) >= 11 is 0. The van der Waals surface area contributed by atoms with Gasteiger partial charge >= 0.3 is 6.18 Å². The SMILES string of the molecule is Cc1ccc2cnc(-c3cccc(C(F)(F)F)c3)n2c1. The summed E-state index contributed by atoms with van der Waals surface area (Å²) in [4.78, 5) is 4.23. The van der Waals surface area contributed by atoms with Crippen LogP contribution in [0.15, 0.2) is 48.8 Å². The first kappa shape index (κ1) is 12.7. The van der Waals surface area contributed by atoms with Gasteiger partial charge in [-0.3, -0.25) is 4.40 Å². The number of rotatable bonds is 1. The second-order valence-electron chi connectivity index (χ2n) is 4.66. The van der Waals surface area contributed by atoms with Crippen molar-refractivity contribution in [3.8, 4) is 11.4 Å². The van der Waals surface area contributed by atoms with Crippen LogP contribution in [-0.2, 0) is 6.18 Å². The van der Waals surface area contributed by atoms with Gasteiger partial charge < -0.3 is 0 Å². The van der Waals surface area contributed by atoms with Crippen LogP contribution in [0.2, 0.25) is 0 Å². The molecule has 102 valence electrons. The number of nitrogens with zero attached hydrogens (tertiary/aromatic N) is 2. The predicted octanol–water partition coefficient (Wildman–Crippen LogP) is 4.33. The maximum Gasteiger partial charge on any atom is 0.416 e. The fourth-order valence-electron chi connectivity index (χ4n) is 2.14. The molecule has 20 heavy (non-hydrogen) atoms. The second kappa shape index (κ2) is 4.37. The molecule has 1 aromatic carbocycles. The van der Waals surface area contributed by atoms with Crippen LogP contribution in [0, 0.1) is 6.92 Å². The third kappa shape index (κ3) is 2.15. The number of hydrogen-bond donors (Lipinski definition) is 0. The molecule has 3 rings (SSSR count). The molecule has 0 aliphatic heterocycles. The molecule has 0 N–H and O–H groups in total. The van der Waals surface area contributed by atoms with Crippen LogP contribution in [0.5, 0.6) is 0 Å². The van der Waals surface area contributed by atoms with E-state index in [2.05, 4.69) is 4.98 Å². The van der Waals surface area contributed by atoms with Gasteiger partial charge in [-0.25, -0.2) is 4.98 Å². The van der Waals surface area contributed by atoms with Crippen LogP contribution in [0.1, 0.15) is 11.1 Å². The van der Waals surface area contributed by atoms with Crippen molar-refractivity contribution >= 4 is 5.52 Å². The topological polar surface area (TPSA) is 17.3 Å². The largest absolute Gasteiger partial charge is 0.416 e. The second-order valence-corrected chi connectivity index (χ2v) is 4.66. The van der Waals surface area contributed by atoms with E-state index < -0.39 is 11.7 Å². The summed E-state index contributed by atoms with van der Waals surface area (Å²) in [6.07, 6.45) is -0.841. The number of pyridine rings is 1. The molecule has 0 saturated heterocycles. The number of aryl methyl sites for hydroxylation is 1. The van der Waals surface area contributed by atoms with E-state index in [1.54, 1.807) is 16.7 Å². The Hall–Kier alpha value is -2.30. The number of imidazole rings is 1. The maximum absolute atomic E-state index is 12.8. The van der Waals surface area contributed by atoms with E-state index >= 15 is 0 Å². The highest BCUT2D eigenvalue weighted by atomic mass is 19.4. The number of benzene rings is 1. The Morgan fingerprint density at radius 3 is 2.65 bits per heavy atom. The third-order valence-corrected chi connectivity index (χ3v) is 3.12. The Bertz CT molecular complexity index is 772. The lowest BCUT2D eigenvalue weighted by Gasteiger charge is -2.08. The summed E-state index contributed by atoms with van der Waals surface area (Å²) in [5.41, 5.74) is 1.65. The molecular weight excluding hydrogens is 265 g/mol. The molecule has 0 saturated carbocycles. The summed E-state index contributed by atoms with van der Waals surface area (Å²) in [5.74, 6) is 0.509. The third-order valence-electron chi connectivity index (χ3n) is 3.12. The van der Waals surface area contributed by atoms with Crippen LogP contribution in [0.25, 0.3) is 16.9 Å². The minimum atomic E-state index is -4.35. The molecular formula is C15H11F3N2. The van der Waals surface area contributed by atoms with Crippen molar-refractivity contribution in [2.24, 2.45) is 0 Å². The zero-order valence-electron chi connectivity index (χ0n) is 10.6. The number of fused-ring (bicyclic) bond motifs is 1. The summed E-state index contributed by atoms with van der Waals surface area (Å²) in [5, 5.41) is 0. The van der Waals surface area contributed by atoms with Crippen LogP contribution >= 0.6 is 0 Å². The standard InChI is InChI=1S/C15H11F3N2/c1-10-5-6-13-8-19-14(20(13)9-10)11-3-2-4-12(7-11)15(16,17)18/h2-9H,1H3. The Balaban J connectivity index is 2.18. The summed E-state index contributed by atoms with van der Waals surface area (Å²) in [6, 6.07) is 9.04. The normalized spacial score (nSPS) is 12.0. The van der Waals surface area contributed by atoms with Gasteiger partial charge in [-0.05, 0) is 30.7 Å². The molecule has 0 amide bonds. The molecule has 0 bridgehead atoms. The van der Waals surface area contributed by atoms with Crippen molar-refractivity contribution in [3.63, 3.8) is 0 Å². The number of halogens is 3. The summed E-state index contributed by atoms with van der Waals surface area (Å²) < 4.78 is 40.1. The molecule has 0 aliphatic rings. The van der Waals surface area contributed by atoms with Crippen molar-refractivity contribution in [2.45, 2.75) is 13.1 Å². The van der Waals surface area contributed by atoms with E-state index in [4.69, 9.17) is 0 Å². The molecule has 2 heterocycles. The van der Waals surface area contributed by atoms with Crippen LogP contribution in [-0.4, -0.2) is 9.38 Å². The van der Waals surface area contributed by atoms with Crippen LogP contribution in [0.4, 0.5) is 13.2 Å². The van der Waals surface area contributed by atoms with Gasteiger partial charge in [-0.1, -0.05) is 18.2 Å². The summed E-state index contributed by atoms with van der Waals surface area (Å²) in [6.45, 7) is 1.93. The molecule has 0 unspecified atom stereocenters. The Labute approximate surface area is 113 Å². The van der Waals surface area contributed by atoms with Gasteiger partial charge in [0.1, 0.15) is 5.82 Å². The molecule has 2 nitrogen and oxygen atoms in total. The first-order valence-corrected chi connectivity index (χ1v) is 6.06. The zero-order valence-corrected chi connectivity index (χ0v) is 10.6. The van der Waals surface area contributed by atoms with Crippen molar-refractivity contribution in [3.05, 3.63) is 59.9 Å². The van der Waals surface area contributed by atoms with Crippen molar-refractivity contribution in [1.82, 2.24) is 9.38 Å². The van der Waals surface area contributed by atoms with Gasteiger partial charge in [0, 0.05) is 11.8 Å². The highest BCUT2D eigenvalue weighted by molar-refractivity contribution is 5.63. The van der Waals surface area contributed by atoms with E-state index in [0.29, 0.717) is 11.4 Å². The average Bonchev–Trinajstić information content (AvgIpc) is 2.81. The number of aromatic nitrogens is 2. The Morgan fingerprint density at radius 1 is 1.10 bits per heavy atom. The molecule has 0 atom stereocenters. The van der Waals surface area contributed by atoms with Crippen molar-refractivity contribution in [1.29, 1.82) is 0 Å². The monoisotopic (exact) mass is 276 g/mol. The highest BCUT2D eigenvalue weighted by Crippen LogP contribution is 2.32. The fourth-order valence-corrected chi connectivity index (χ4v) is 2.14. The maximum atomic E-state index is 12.8. The summed E-state index contributed by atoms with van der Waals surface area (Å²) in [7, 11) is 0. The van der Waals surface area contributed by atoms with Gasteiger partial charge in [0.2, 0.25) is 0 Å². The first-order valence-electron chi connectivity index (χ1n) is 6.06. The number of alkyl halides is 3. The van der Waals surface area contributed by atoms with Gasteiger partial charge in [-0.15, -0.1) is 0 Å². The molecule has 0 radical (unpaired) electrons. The van der Waals surface area contributed by atoms with E-state index in [0.717, 1.165) is 23.2 Å². The fraction of sp³-hybridized carbons (Fsp3) is 0.133. The van der Waals surface area contributed by atoms with Gasteiger partial charge in [0.15, 0.2) is 0 Å². The van der Waals surface area contributed by atoms with Gasteiger partial charge in [-0.2, -0.15) is 13.2 Å². The molecule has 3 aromatic rings. The zero-order chi connectivity index (χ0) is 14.3. The average molecular weight is 276 g/mol. The molecule has 2 aromatic heterocycles. The Morgan fingerprint density at radius 2 is 1.90 bits per heavy atom. The quantitative estimate of drug-likeness (QED) is 0.646. The minimum Gasteiger partial charge on any atom is -0.300 e. The van der Waals surface area contributed by atoms with E-state index in [-0.39, 0.29) is 0 Å². The molecule has 0 aliphatic carbocycles. The highest BCUT2D eigenvalue weighted by Gasteiger charge is 2.30. The first-order chi connectivity index (χ1) is 9.45. The van der Waals surface area contributed by atoms with E-state index in [1.807, 2.05) is 25.3 Å². The number of hydrogen-bond acceptors (Lipinski definition) is 1. The van der Waals surface area contributed by atoms with Gasteiger partial charge in [0.05, 0.1) is 17.3 Å². The van der Waals surface area contributed by atoms with E-state index in [1.165, 1.54) is 6.07 Å². The van der Waals surface area contributed by atoms with Crippen molar-refractivity contribution < 1.29 is 13.2 Å². The lowest BCUT2D eigenvalue weighted by atomic mass is 10.1. The van der Waals surface area contributed by atoms with Crippen molar-refractivity contribution in [2.75, 3.05) is 0 Å². The lowest BCUT2D eigenvalue weighted by molar-refractivity contribution is -0.137. The van der Waals surface area contributed by atoms with Crippen LogP contribution < -0.4 is 0 Å². The van der Waals surface area contributed by atoms with Gasteiger partial charge in [0.25, 0.3) is 0 Å². The Kier molecular flexibility index (Phi) is 2.78. The molecule has 0 spiro atoms. The minimum absolute atomic E-state index is 0.449. The molecule has 5 heteroatoms. The predicted molar refractivity (Wildman–Crippen MR) is 70.4 cm³/mol. The smallest absolute Gasteiger partial charge is 0.300 e. The lowest BCUT2D eigenvalue weighted by Crippen LogP contribution is -2.04. The molecule has 0 fully saturated rings. The van der Waals surface area contributed by atoms with E-state index in [9.17, 15) is 13.2 Å². The van der Waals surface area contributed by atoms with Crippen LogP contribution in [0.3, 0.4) is 0 Å².